The average Bonchev–Trinajstić information content (AvgIpc) is 2.30. The Morgan fingerprint density at radius 3 is 2.72 bits per heavy atom. The van der Waals surface area contributed by atoms with Gasteiger partial charge in [-0.1, -0.05) is 13.3 Å². The fourth-order valence-corrected chi connectivity index (χ4v) is 1.53. The van der Waals surface area contributed by atoms with Crippen LogP contribution in [0.25, 0.3) is 0 Å². The van der Waals surface area contributed by atoms with E-state index in [1.54, 1.807) is 0 Å². The van der Waals surface area contributed by atoms with Gasteiger partial charge in [0.1, 0.15) is 11.6 Å². The first-order valence-electron chi connectivity index (χ1n) is 5.96. The molecule has 3 nitrogen and oxygen atoms in total. The number of halogens is 2. The smallest absolute Gasteiger partial charge is 0.238 e. The molecular formula is C13H18F2N2O. The van der Waals surface area contributed by atoms with E-state index < -0.39 is 11.6 Å². The Bertz CT molecular complexity index is 410. The van der Waals surface area contributed by atoms with Crippen LogP contribution in [0.15, 0.2) is 18.2 Å². The topological polar surface area (TPSA) is 32.3 Å². The van der Waals surface area contributed by atoms with Gasteiger partial charge in [-0.3, -0.25) is 9.69 Å². The van der Waals surface area contributed by atoms with Gasteiger partial charge in [0.05, 0.1) is 12.2 Å². The molecular weight excluding hydrogens is 238 g/mol. The predicted octanol–water partition coefficient (Wildman–Crippen LogP) is 2.64. The molecule has 1 amide bonds. The number of likely N-dealkylation sites (N-methyl/N-ethyl adjacent to an activating group) is 1. The zero-order chi connectivity index (χ0) is 13.5. The lowest BCUT2D eigenvalue weighted by molar-refractivity contribution is -0.117. The van der Waals surface area contributed by atoms with Crippen LogP contribution in [-0.4, -0.2) is 30.9 Å². The van der Waals surface area contributed by atoms with E-state index in [4.69, 9.17) is 0 Å². The summed E-state index contributed by atoms with van der Waals surface area (Å²) in [5.41, 5.74) is 0.00490. The molecule has 1 N–H and O–H groups in total. The van der Waals surface area contributed by atoms with Crippen LogP contribution >= 0.6 is 0 Å². The molecule has 0 atom stereocenters. The van der Waals surface area contributed by atoms with Gasteiger partial charge in [0.15, 0.2) is 0 Å². The van der Waals surface area contributed by atoms with Gasteiger partial charge in [0, 0.05) is 6.07 Å². The molecule has 0 aliphatic rings. The molecule has 0 heterocycles. The van der Waals surface area contributed by atoms with Crippen molar-refractivity contribution in [3.63, 3.8) is 0 Å². The Morgan fingerprint density at radius 1 is 1.39 bits per heavy atom. The molecule has 0 spiro atoms. The first kappa shape index (κ1) is 14.6. The van der Waals surface area contributed by atoms with Crippen LogP contribution in [0.4, 0.5) is 14.5 Å². The van der Waals surface area contributed by atoms with Crippen molar-refractivity contribution in [1.29, 1.82) is 0 Å². The number of hydrogen-bond acceptors (Lipinski definition) is 2. The van der Waals surface area contributed by atoms with Gasteiger partial charge in [0.2, 0.25) is 5.91 Å². The summed E-state index contributed by atoms with van der Waals surface area (Å²) >= 11 is 0. The van der Waals surface area contributed by atoms with Crippen molar-refractivity contribution in [2.45, 2.75) is 19.8 Å². The van der Waals surface area contributed by atoms with Gasteiger partial charge >= 0.3 is 0 Å². The van der Waals surface area contributed by atoms with Gasteiger partial charge in [-0.2, -0.15) is 0 Å². The number of nitrogens with zero attached hydrogens (tertiary/aromatic N) is 1. The van der Waals surface area contributed by atoms with E-state index in [1.165, 1.54) is 6.07 Å². The summed E-state index contributed by atoms with van der Waals surface area (Å²) in [5.74, 6) is -1.73. The quantitative estimate of drug-likeness (QED) is 0.848. The normalized spacial score (nSPS) is 10.7. The number of anilines is 1. The van der Waals surface area contributed by atoms with Crippen LogP contribution in [0, 0.1) is 11.6 Å². The average molecular weight is 256 g/mol. The number of carbonyl (C=O) groups excluding carboxylic acids is 1. The molecule has 0 aliphatic carbocycles. The number of nitrogens with one attached hydrogen (secondary N) is 1. The van der Waals surface area contributed by atoms with Crippen LogP contribution in [0.1, 0.15) is 19.8 Å². The Kier molecular flexibility index (Phi) is 5.71. The molecule has 0 unspecified atom stereocenters. The third-order valence-corrected chi connectivity index (χ3v) is 2.51. The first-order valence-corrected chi connectivity index (χ1v) is 5.96. The summed E-state index contributed by atoms with van der Waals surface area (Å²) in [6, 6.07) is 3.07. The van der Waals surface area contributed by atoms with Crippen LogP contribution in [0.5, 0.6) is 0 Å². The minimum atomic E-state index is -0.764. The van der Waals surface area contributed by atoms with Crippen LogP contribution < -0.4 is 5.32 Å². The van der Waals surface area contributed by atoms with E-state index in [2.05, 4.69) is 12.2 Å². The second-order valence-corrected chi connectivity index (χ2v) is 4.26. The lowest BCUT2D eigenvalue weighted by atomic mass is 10.3. The molecule has 1 aromatic rings. The maximum Gasteiger partial charge on any atom is 0.238 e. The van der Waals surface area contributed by atoms with Gasteiger partial charge in [-0.25, -0.2) is 8.78 Å². The van der Waals surface area contributed by atoms with E-state index in [1.807, 2.05) is 11.9 Å². The molecule has 0 radical (unpaired) electrons. The van der Waals surface area contributed by atoms with E-state index in [-0.39, 0.29) is 18.1 Å². The van der Waals surface area contributed by atoms with Crippen molar-refractivity contribution in [2.75, 3.05) is 25.5 Å². The Morgan fingerprint density at radius 2 is 2.11 bits per heavy atom. The summed E-state index contributed by atoms with van der Waals surface area (Å²) in [6.45, 7) is 3.08. The minimum Gasteiger partial charge on any atom is -0.322 e. The summed E-state index contributed by atoms with van der Waals surface area (Å²) in [6.07, 6.45) is 2.06. The van der Waals surface area contributed by atoms with Gasteiger partial charge < -0.3 is 5.32 Å². The summed E-state index contributed by atoms with van der Waals surface area (Å²) < 4.78 is 26.0. The molecule has 1 aromatic carbocycles. The first-order chi connectivity index (χ1) is 8.52. The highest BCUT2D eigenvalue weighted by Crippen LogP contribution is 2.14. The fourth-order valence-electron chi connectivity index (χ4n) is 1.53. The van der Waals surface area contributed by atoms with Crippen molar-refractivity contribution < 1.29 is 13.6 Å². The second kappa shape index (κ2) is 7.06. The van der Waals surface area contributed by atoms with Crippen LogP contribution in [-0.2, 0) is 4.79 Å². The van der Waals surface area contributed by atoms with E-state index in [9.17, 15) is 13.6 Å². The zero-order valence-corrected chi connectivity index (χ0v) is 10.7. The van der Waals surface area contributed by atoms with E-state index in [0.29, 0.717) is 0 Å². The minimum absolute atomic E-state index is 0.00490. The molecule has 0 saturated carbocycles. The van der Waals surface area contributed by atoms with Gasteiger partial charge in [-0.05, 0) is 32.1 Å². The van der Waals surface area contributed by atoms with E-state index >= 15 is 0 Å². The van der Waals surface area contributed by atoms with Gasteiger partial charge in [-0.15, -0.1) is 0 Å². The number of hydrogen-bond donors (Lipinski definition) is 1. The van der Waals surface area contributed by atoms with Crippen molar-refractivity contribution in [3.05, 3.63) is 29.8 Å². The SMILES string of the molecule is CCCCN(C)CC(=O)Nc1ccc(F)cc1F. The number of rotatable bonds is 6. The Hall–Kier alpha value is -1.49. The molecule has 5 heteroatoms. The maximum absolute atomic E-state index is 13.3. The third-order valence-electron chi connectivity index (χ3n) is 2.51. The largest absolute Gasteiger partial charge is 0.322 e. The summed E-state index contributed by atoms with van der Waals surface area (Å²) in [4.78, 5) is 13.5. The van der Waals surface area contributed by atoms with Gasteiger partial charge in [0.25, 0.3) is 0 Å². The monoisotopic (exact) mass is 256 g/mol. The highest BCUT2D eigenvalue weighted by molar-refractivity contribution is 5.92. The Labute approximate surface area is 106 Å². The van der Waals surface area contributed by atoms with Crippen molar-refractivity contribution >= 4 is 11.6 Å². The molecule has 0 fully saturated rings. The highest BCUT2D eigenvalue weighted by atomic mass is 19.1. The molecule has 0 bridgehead atoms. The third kappa shape index (κ3) is 4.79. The van der Waals surface area contributed by atoms with Crippen molar-refractivity contribution in [3.8, 4) is 0 Å². The summed E-state index contributed by atoms with van der Waals surface area (Å²) in [5, 5.41) is 2.42. The molecule has 0 saturated heterocycles. The zero-order valence-electron chi connectivity index (χ0n) is 10.7. The second-order valence-electron chi connectivity index (χ2n) is 4.26. The van der Waals surface area contributed by atoms with E-state index in [0.717, 1.165) is 31.5 Å². The van der Waals surface area contributed by atoms with Crippen molar-refractivity contribution in [2.24, 2.45) is 0 Å². The number of benzene rings is 1. The number of amides is 1. The fraction of sp³-hybridized carbons (Fsp3) is 0.462. The maximum atomic E-state index is 13.3. The lowest BCUT2D eigenvalue weighted by Crippen LogP contribution is -2.31. The molecule has 0 aromatic heterocycles. The molecule has 100 valence electrons. The lowest BCUT2D eigenvalue weighted by Gasteiger charge is -2.15. The van der Waals surface area contributed by atoms with Crippen molar-refractivity contribution in [1.82, 2.24) is 4.90 Å². The van der Waals surface area contributed by atoms with Crippen LogP contribution in [0.3, 0.4) is 0 Å². The molecule has 0 aliphatic heterocycles. The standard InChI is InChI=1S/C13H18F2N2O/c1-3-4-7-17(2)9-13(18)16-12-6-5-10(14)8-11(12)15/h5-6,8H,3-4,7,9H2,1-2H3,(H,16,18). The molecule has 1 rings (SSSR count). The summed E-state index contributed by atoms with van der Waals surface area (Å²) in [7, 11) is 1.83. The number of unbranched alkanes of at least 4 members (excludes halogenated alkanes) is 1. The highest BCUT2D eigenvalue weighted by Gasteiger charge is 2.09. The predicted molar refractivity (Wildman–Crippen MR) is 67.4 cm³/mol. The Balaban J connectivity index is 2.49. The molecule has 18 heavy (non-hydrogen) atoms. The van der Waals surface area contributed by atoms with Crippen LogP contribution in [0.2, 0.25) is 0 Å². The number of carbonyl (C=O) groups is 1.